The van der Waals surface area contributed by atoms with E-state index in [9.17, 15) is 4.79 Å². The molecule has 0 radical (unpaired) electrons. The Hall–Kier alpha value is -2.06. The van der Waals surface area contributed by atoms with Gasteiger partial charge in [0.2, 0.25) is 0 Å². The molecule has 0 bridgehead atoms. The zero-order valence-electron chi connectivity index (χ0n) is 12.0. The molecule has 0 heterocycles. The van der Waals surface area contributed by atoms with E-state index in [0.29, 0.717) is 12.3 Å². The van der Waals surface area contributed by atoms with Gasteiger partial charge in [0, 0.05) is 12.1 Å². The molecular formula is C15H21N3O2. The van der Waals surface area contributed by atoms with Crippen LogP contribution in [0.4, 0.5) is 0 Å². The first-order chi connectivity index (χ1) is 9.67. The number of nitrogens with zero attached hydrogens (tertiary/aromatic N) is 1. The molecule has 20 heavy (non-hydrogen) atoms. The van der Waals surface area contributed by atoms with Gasteiger partial charge in [-0.15, -0.1) is 0 Å². The molecule has 0 spiro atoms. The maximum atomic E-state index is 11.4. The van der Waals surface area contributed by atoms with Crippen LogP contribution >= 0.6 is 0 Å². The van der Waals surface area contributed by atoms with E-state index in [-0.39, 0.29) is 19.1 Å². The Morgan fingerprint density at radius 1 is 1.45 bits per heavy atom. The van der Waals surface area contributed by atoms with E-state index in [4.69, 9.17) is 10.00 Å². The lowest BCUT2D eigenvalue weighted by molar-refractivity contribution is -0.122. The topological polar surface area (TPSA) is 74.2 Å². The SMILES string of the molecule is CCCNCc1cc(C)ccc1OCC(=O)NCC#N. The van der Waals surface area contributed by atoms with Crippen LogP contribution in [-0.4, -0.2) is 25.6 Å². The second kappa shape index (κ2) is 8.94. The number of carbonyl (C=O) groups is 1. The van der Waals surface area contributed by atoms with E-state index in [1.165, 1.54) is 0 Å². The first-order valence-electron chi connectivity index (χ1n) is 6.74. The molecule has 0 atom stereocenters. The Morgan fingerprint density at radius 2 is 2.25 bits per heavy atom. The average molecular weight is 275 g/mol. The van der Waals surface area contributed by atoms with Crippen molar-refractivity contribution in [3.05, 3.63) is 29.3 Å². The van der Waals surface area contributed by atoms with Crippen LogP contribution in [-0.2, 0) is 11.3 Å². The highest BCUT2D eigenvalue weighted by Crippen LogP contribution is 2.19. The van der Waals surface area contributed by atoms with E-state index in [0.717, 1.165) is 24.1 Å². The number of nitrogens with one attached hydrogen (secondary N) is 2. The van der Waals surface area contributed by atoms with Gasteiger partial charge in [0.25, 0.3) is 5.91 Å². The molecule has 5 nitrogen and oxygen atoms in total. The van der Waals surface area contributed by atoms with E-state index < -0.39 is 0 Å². The molecule has 108 valence electrons. The van der Waals surface area contributed by atoms with Gasteiger partial charge in [-0.05, 0) is 26.0 Å². The van der Waals surface area contributed by atoms with Crippen LogP contribution in [0, 0.1) is 18.3 Å². The minimum absolute atomic E-state index is 0.000996. The molecule has 0 aliphatic heterocycles. The highest BCUT2D eigenvalue weighted by molar-refractivity contribution is 5.77. The zero-order chi connectivity index (χ0) is 14.8. The molecule has 1 aromatic carbocycles. The third-order valence-electron chi connectivity index (χ3n) is 2.68. The predicted octanol–water partition coefficient (Wildman–Crippen LogP) is 1.51. The maximum absolute atomic E-state index is 11.4. The van der Waals surface area contributed by atoms with Crippen molar-refractivity contribution < 1.29 is 9.53 Å². The molecular weight excluding hydrogens is 254 g/mol. The van der Waals surface area contributed by atoms with Gasteiger partial charge in [0.1, 0.15) is 12.3 Å². The summed E-state index contributed by atoms with van der Waals surface area (Å²) in [6, 6.07) is 7.72. The van der Waals surface area contributed by atoms with Crippen LogP contribution in [0.15, 0.2) is 18.2 Å². The van der Waals surface area contributed by atoms with E-state index in [1.807, 2.05) is 31.2 Å². The summed E-state index contributed by atoms with van der Waals surface area (Å²) in [4.78, 5) is 11.4. The molecule has 0 unspecified atom stereocenters. The number of rotatable bonds is 8. The summed E-state index contributed by atoms with van der Waals surface area (Å²) in [5, 5.41) is 14.1. The second-order valence-corrected chi connectivity index (χ2v) is 4.51. The molecule has 2 N–H and O–H groups in total. The van der Waals surface area contributed by atoms with E-state index >= 15 is 0 Å². The summed E-state index contributed by atoms with van der Waals surface area (Å²) in [6.07, 6.45) is 1.07. The van der Waals surface area contributed by atoms with Crippen LogP contribution in [0.25, 0.3) is 0 Å². The summed E-state index contributed by atoms with van der Waals surface area (Å²) in [6.45, 7) is 5.71. The normalized spacial score (nSPS) is 9.85. The Morgan fingerprint density at radius 3 is 2.95 bits per heavy atom. The first kappa shape index (κ1) is 16.0. The fraction of sp³-hybridized carbons (Fsp3) is 0.467. The van der Waals surface area contributed by atoms with Gasteiger partial charge >= 0.3 is 0 Å². The van der Waals surface area contributed by atoms with Crippen molar-refractivity contribution in [3.8, 4) is 11.8 Å². The molecule has 0 aliphatic rings. The minimum atomic E-state index is -0.292. The van der Waals surface area contributed by atoms with Gasteiger partial charge < -0.3 is 15.4 Å². The van der Waals surface area contributed by atoms with Gasteiger partial charge in [-0.1, -0.05) is 24.6 Å². The lowest BCUT2D eigenvalue weighted by atomic mass is 10.1. The number of hydrogen-bond donors (Lipinski definition) is 2. The lowest BCUT2D eigenvalue weighted by Gasteiger charge is -2.12. The van der Waals surface area contributed by atoms with Crippen molar-refractivity contribution in [2.45, 2.75) is 26.8 Å². The zero-order valence-corrected chi connectivity index (χ0v) is 12.0. The number of amides is 1. The smallest absolute Gasteiger partial charge is 0.258 e. The predicted molar refractivity (Wildman–Crippen MR) is 77.3 cm³/mol. The number of carbonyl (C=O) groups excluding carboxylic acids is 1. The second-order valence-electron chi connectivity index (χ2n) is 4.51. The van der Waals surface area contributed by atoms with E-state index in [2.05, 4.69) is 17.6 Å². The van der Waals surface area contributed by atoms with Crippen molar-refractivity contribution in [2.24, 2.45) is 0 Å². The molecule has 5 heteroatoms. The van der Waals surface area contributed by atoms with E-state index in [1.54, 1.807) is 0 Å². The monoisotopic (exact) mass is 275 g/mol. The van der Waals surface area contributed by atoms with Crippen LogP contribution in [0.2, 0.25) is 0 Å². The molecule has 0 aromatic heterocycles. The molecule has 0 saturated heterocycles. The van der Waals surface area contributed by atoms with Crippen molar-refractivity contribution in [2.75, 3.05) is 19.7 Å². The average Bonchev–Trinajstić information content (AvgIpc) is 2.44. The summed E-state index contributed by atoms with van der Waals surface area (Å²) in [5.41, 5.74) is 2.19. The minimum Gasteiger partial charge on any atom is -0.483 e. The van der Waals surface area contributed by atoms with Gasteiger partial charge in [-0.2, -0.15) is 5.26 Å². The summed E-state index contributed by atoms with van der Waals surface area (Å²) in [5.74, 6) is 0.408. The van der Waals surface area contributed by atoms with Crippen molar-refractivity contribution >= 4 is 5.91 Å². The Labute approximate surface area is 119 Å². The number of ether oxygens (including phenoxy) is 1. The third-order valence-corrected chi connectivity index (χ3v) is 2.68. The molecule has 1 rings (SSSR count). The highest BCUT2D eigenvalue weighted by Gasteiger charge is 2.07. The van der Waals surface area contributed by atoms with Crippen molar-refractivity contribution in [3.63, 3.8) is 0 Å². The Kier molecular flexibility index (Phi) is 7.15. The number of benzene rings is 1. The van der Waals surface area contributed by atoms with Gasteiger partial charge in [0.15, 0.2) is 6.61 Å². The molecule has 0 saturated carbocycles. The van der Waals surface area contributed by atoms with Crippen molar-refractivity contribution in [1.82, 2.24) is 10.6 Å². The lowest BCUT2D eigenvalue weighted by Crippen LogP contribution is -2.29. The highest BCUT2D eigenvalue weighted by atomic mass is 16.5. The van der Waals surface area contributed by atoms with Crippen LogP contribution in [0.5, 0.6) is 5.75 Å². The fourth-order valence-corrected chi connectivity index (χ4v) is 1.72. The summed E-state index contributed by atoms with van der Waals surface area (Å²) >= 11 is 0. The number of nitriles is 1. The van der Waals surface area contributed by atoms with Gasteiger partial charge in [-0.3, -0.25) is 4.79 Å². The first-order valence-corrected chi connectivity index (χ1v) is 6.74. The number of aryl methyl sites for hydroxylation is 1. The molecule has 0 fully saturated rings. The van der Waals surface area contributed by atoms with Gasteiger partial charge in [0.05, 0.1) is 6.07 Å². The molecule has 1 aromatic rings. The summed E-state index contributed by atoms with van der Waals surface area (Å²) < 4.78 is 5.52. The molecule has 1 amide bonds. The fourth-order valence-electron chi connectivity index (χ4n) is 1.72. The largest absolute Gasteiger partial charge is 0.483 e. The van der Waals surface area contributed by atoms with Crippen LogP contribution < -0.4 is 15.4 Å². The maximum Gasteiger partial charge on any atom is 0.258 e. The van der Waals surface area contributed by atoms with Crippen LogP contribution in [0.3, 0.4) is 0 Å². The molecule has 0 aliphatic carbocycles. The van der Waals surface area contributed by atoms with Crippen molar-refractivity contribution in [1.29, 1.82) is 5.26 Å². The van der Waals surface area contributed by atoms with Gasteiger partial charge in [-0.25, -0.2) is 0 Å². The number of hydrogen-bond acceptors (Lipinski definition) is 4. The standard InChI is InChI=1S/C15H21N3O2/c1-3-7-17-10-13-9-12(2)4-5-14(13)20-11-15(19)18-8-6-16/h4-5,9,17H,3,7-8,10-11H2,1-2H3,(H,18,19). The van der Waals surface area contributed by atoms with Crippen LogP contribution in [0.1, 0.15) is 24.5 Å². The summed E-state index contributed by atoms with van der Waals surface area (Å²) in [7, 11) is 0. The quantitative estimate of drug-likeness (QED) is 0.557. The third kappa shape index (κ3) is 5.72. The Bertz CT molecular complexity index is 480. The Balaban J connectivity index is 2.59.